The van der Waals surface area contributed by atoms with Gasteiger partial charge in [0.05, 0.1) is 25.9 Å². The molecular formula is C27H34O5. The van der Waals surface area contributed by atoms with Crippen LogP contribution in [-0.4, -0.2) is 24.3 Å². The van der Waals surface area contributed by atoms with E-state index in [0.717, 1.165) is 83.2 Å². The first-order valence-electron chi connectivity index (χ1n) is 11.6. The molecule has 0 unspecified atom stereocenters. The number of aryl methyl sites for hydroxylation is 3. The lowest BCUT2D eigenvalue weighted by atomic mass is 10.0. The minimum atomic E-state index is -0.817. The molecule has 0 fully saturated rings. The highest BCUT2D eigenvalue weighted by Crippen LogP contribution is 2.32. The molecule has 1 N–H and O–H groups in total. The molecular weight excluding hydrogens is 404 g/mol. The fourth-order valence-electron chi connectivity index (χ4n) is 3.93. The second kappa shape index (κ2) is 11.6. The topological polar surface area (TPSA) is 68.9 Å². The molecule has 5 heteroatoms. The van der Waals surface area contributed by atoms with E-state index in [1.165, 1.54) is 0 Å². The second-order valence-electron chi connectivity index (χ2n) is 8.25. The number of furan rings is 1. The lowest BCUT2D eigenvalue weighted by molar-refractivity contribution is -0.136. The Morgan fingerprint density at radius 1 is 0.969 bits per heavy atom. The Hall–Kier alpha value is -2.95. The van der Waals surface area contributed by atoms with Crippen molar-refractivity contribution < 1.29 is 23.8 Å². The number of carboxylic acid groups (broad SMARTS) is 1. The number of aliphatic carboxylic acids is 1. The van der Waals surface area contributed by atoms with Crippen molar-refractivity contribution in [3.63, 3.8) is 0 Å². The van der Waals surface area contributed by atoms with E-state index in [1.54, 1.807) is 6.26 Å². The summed E-state index contributed by atoms with van der Waals surface area (Å²) in [6, 6.07) is 9.81. The molecule has 3 aromatic rings. The summed E-state index contributed by atoms with van der Waals surface area (Å²) in [5.74, 6) is 0.907. The number of hydrogen-bond acceptors (Lipinski definition) is 4. The Balaban J connectivity index is 1.58. The number of fused-ring (bicyclic) bond motifs is 1. The summed E-state index contributed by atoms with van der Waals surface area (Å²) in [4.78, 5) is 11.0. The van der Waals surface area contributed by atoms with Gasteiger partial charge in [-0.2, -0.15) is 0 Å². The third-order valence-corrected chi connectivity index (χ3v) is 5.58. The quantitative estimate of drug-likeness (QED) is 0.308. The monoisotopic (exact) mass is 438 g/mol. The van der Waals surface area contributed by atoms with E-state index in [1.807, 2.05) is 24.3 Å². The van der Waals surface area contributed by atoms with Gasteiger partial charge in [0.25, 0.3) is 0 Å². The van der Waals surface area contributed by atoms with Gasteiger partial charge in [0, 0.05) is 17.4 Å². The molecule has 0 aliphatic carbocycles. The van der Waals surface area contributed by atoms with Crippen molar-refractivity contribution >= 4 is 16.9 Å². The van der Waals surface area contributed by atoms with Crippen LogP contribution < -0.4 is 9.47 Å². The highest BCUT2D eigenvalue weighted by atomic mass is 16.5. The third-order valence-electron chi connectivity index (χ3n) is 5.58. The van der Waals surface area contributed by atoms with Crippen LogP contribution in [0.25, 0.3) is 11.0 Å². The summed E-state index contributed by atoms with van der Waals surface area (Å²) in [6.45, 7) is 7.46. The van der Waals surface area contributed by atoms with Gasteiger partial charge in [0.2, 0.25) is 0 Å². The van der Waals surface area contributed by atoms with Crippen LogP contribution in [0.1, 0.15) is 61.8 Å². The van der Waals surface area contributed by atoms with Crippen LogP contribution in [0.5, 0.6) is 11.5 Å². The van der Waals surface area contributed by atoms with Crippen LogP contribution in [0.15, 0.2) is 41.0 Å². The maximum Gasteiger partial charge on any atom is 0.307 e. The zero-order chi connectivity index (χ0) is 22.9. The molecule has 0 saturated heterocycles. The molecule has 0 spiro atoms. The molecule has 0 saturated carbocycles. The van der Waals surface area contributed by atoms with E-state index in [2.05, 4.69) is 26.8 Å². The van der Waals surface area contributed by atoms with Gasteiger partial charge in [0.1, 0.15) is 17.1 Å². The Morgan fingerprint density at radius 2 is 1.72 bits per heavy atom. The lowest BCUT2D eigenvalue weighted by Crippen LogP contribution is -2.08. The third kappa shape index (κ3) is 6.06. The van der Waals surface area contributed by atoms with Crippen LogP contribution >= 0.6 is 0 Å². The standard InChI is InChI=1S/C27H34O5/c1-4-6-9-21-16-20(17-26(28)29)10-12-24(21)30-14-7-15-31-25-13-11-22-19(3)18-32-27(22)23(25)8-5-2/h10-13,16,18H,4-9,14-15,17H2,1-3H3,(H,28,29). The van der Waals surface area contributed by atoms with Crippen LogP contribution in [0, 0.1) is 6.92 Å². The van der Waals surface area contributed by atoms with E-state index < -0.39 is 5.97 Å². The van der Waals surface area contributed by atoms with E-state index in [9.17, 15) is 4.79 Å². The van der Waals surface area contributed by atoms with Crippen molar-refractivity contribution in [3.05, 3.63) is 58.8 Å². The van der Waals surface area contributed by atoms with E-state index in [4.69, 9.17) is 19.0 Å². The Bertz CT molecular complexity index is 1030. The second-order valence-corrected chi connectivity index (χ2v) is 8.25. The first kappa shape index (κ1) is 23.7. The summed E-state index contributed by atoms with van der Waals surface area (Å²) < 4.78 is 17.9. The van der Waals surface area contributed by atoms with Crippen LogP contribution in [-0.2, 0) is 24.1 Å². The fourth-order valence-corrected chi connectivity index (χ4v) is 3.93. The van der Waals surface area contributed by atoms with Crippen LogP contribution in [0.2, 0.25) is 0 Å². The fraction of sp³-hybridized carbons (Fsp3) is 0.444. The van der Waals surface area contributed by atoms with E-state index in [-0.39, 0.29) is 6.42 Å². The summed E-state index contributed by atoms with van der Waals surface area (Å²) in [6.07, 6.45) is 7.55. The van der Waals surface area contributed by atoms with E-state index in [0.29, 0.717) is 13.2 Å². The zero-order valence-corrected chi connectivity index (χ0v) is 19.4. The highest BCUT2D eigenvalue weighted by Gasteiger charge is 2.13. The number of hydrogen-bond donors (Lipinski definition) is 1. The smallest absolute Gasteiger partial charge is 0.307 e. The minimum absolute atomic E-state index is 0.0346. The zero-order valence-electron chi connectivity index (χ0n) is 19.4. The molecule has 0 radical (unpaired) electrons. The molecule has 3 rings (SSSR count). The number of rotatable bonds is 13. The molecule has 1 aromatic heterocycles. The summed E-state index contributed by atoms with van der Waals surface area (Å²) in [7, 11) is 0. The number of ether oxygens (including phenoxy) is 2. The molecule has 0 aliphatic heterocycles. The number of unbranched alkanes of at least 4 members (excludes halogenated alkanes) is 1. The van der Waals surface area contributed by atoms with Gasteiger partial charge >= 0.3 is 5.97 Å². The number of carbonyl (C=O) groups is 1. The molecule has 5 nitrogen and oxygen atoms in total. The predicted octanol–water partition coefficient (Wildman–Crippen LogP) is 6.51. The largest absolute Gasteiger partial charge is 0.493 e. The number of carboxylic acids is 1. The molecule has 1 heterocycles. The Labute approximate surface area is 190 Å². The minimum Gasteiger partial charge on any atom is -0.493 e. The van der Waals surface area contributed by atoms with Gasteiger partial charge in [-0.1, -0.05) is 38.8 Å². The summed E-state index contributed by atoms with van der Waals surface area (Å²) in [5, 5.41) is 10.2. The van der Waals surface area contributed by atoms with Crippen LogP contribution in [0.4, 0.5) is 0 Å². The highest BCUT2D eigenvalue weighted by molar-refractivity contribution is 5.85. The van der Waals surface area contributed by atoms with Crippen molar-refractivity contribution in [1.82, 2.24) is 0 Å². The van der Waals surface area contributed by atoms with Crippen molar-refractivity contribution in [2.45, 2.75) is 65.7 Å². The van der Waals surface area contributed by atoms with Crippen molar-refractivity contribution in [2.75, 3.05) is 13.2 Å². The lowest BCUT2D eigenvalue weighted by Gasteiger charge is -2.14. The Morgan fingerprint density at radius 3 is 2.44 bits per heavy atom. The molecule has 0 aliphatic rings. The molecule has 2 aromatic carbocycles. The average molecular weight is 439 g/mol. The van der Waals surface area contributed by atoms with Gasteiger partial charge in [-0.05, 0) is 61.1 Å². The summed E-state index contributed by atoms with van der Waals surface area (Å²) in [5.41, 5.74) is 5.10. The van der Waals surface area contributed by atoms with Crippen LogP contribution in [0.3, 0.4) is 0 Å². The van der Waals surface area contributed by atoms with Gasteiger partial charge in [0.15, 0.2) is 0 Å². The predicted molar refractivity (Wildman–Crippen MR) is 127 cm³/mol. The SMILES string of the molecule is CCCCc1cc(CC(=O)O)ccc1OCCCOc1ccc2c(C)coc2c1CCC. The molecule has 0 bridgehead atoms. The van der Waals surface area contributed by atoms with Crippen molar-refractivity contribution in [2.24, 2.45) is 0 Å². The average Bonchev–Trinajstić information content (AvgIpc) is 3.15. The van der Waals surface area contributed by atoms with Crippen molar-refractivity contribution in [3.8, 4) is 11.5 Å². The normalized spacial score (nSPS) is 11.1. The first-order valence-corrected chi connectivity index (χ1v) is 11.6. The number of benzene rings is 2. The van der Waals surface area contributed by atoms with Gasteiger partial charge < -0.3 is 19.0 Å². The Kier molecular flexibility index (Phi) is 8.60. The van der Waals surface area contributed by atoms with E-state index >= 15 is 0 Å². The van der Waals surface area contributed by atoms with Gasteiger partial charge in [-0.15, -0.1) is 0 Å². The maximum atomic E-state index is 11.0. The summed E-state index contributed by atoms with van der Waals surface area (Å²) >= 11 is 0. The molecule has 32 heavy (non-hydrogen) atoms. The molecule has 0 atom stereocenters. The maximum absolute atomic E-state index is 11.0. The van der Waals surface area contributed by atoms with Gasteiger partial charge in [-0.25, -0.2) is 0 Å². The first-order chi connectivity index (χ1) is 15.5. The van der Waals surface area contributed by atoms with Gasteiger partial charge in [-0.3, -0.25) is 4.79 Å². The van der Waals surface area contributed by atoms with Crippen molar-refractivity contribution in [1.29, 1.82) is 0 Å². The molecule has 172 valence electrons. The molecule has 0 amide bonds.